The summed E-state index contributed by atoms with van der Waals surface area (Å²) in [6.45, 7) is 3.12. The number of benzene rings is 1. The van der Waals surface area contributed by atoms with Crippen LogP contribution in [0.5, 0.6) is 11.5 Å². The maximum atomic E-state index is 11.9. The molecule has 0 radical (unpaired) electrons. The van der Waals surface area contributed by atoms with Crippen LogP contribution in [0.1, 0.15) is 43.9 Å². The highest BCUT2D eigenvalue weighted by Crippen LogP contribution is 2.60. The van der Waals surface area contributed by atoms with Crippen molar-refractivity contribution in [2.24, 2.45) is 0 Å². The summed E-state index contributed by atoms with van der Waals surface area (Å²) in [6.07, 6.45) is -1.95. The Morgan fingerprint density at radius 1 is 1.13 bits per heavy atom. The van der Waals surface area contributed by atoms with E-state index in [2.05, 4.69) is 5.32 Å². The van der Waals surface area contributed by atoms with Gasteiger partial charge in [-0.25, -0.2) is 0 Å². The minimum atomic E-state index is -0.969. The third-order valence-corrected chi connectivity index (χ3v) is 6.49. The number of aromatic hydroxyl groups is 1. The van der Waals surface area contributed by atoms with Crippen molar-refractivity contribution in [3.8, 4) is 11.5 Å². The Morgan fingerprint density at radius 2 is 1.84 bits per heavy atom. The Labute approximate surface area is 179 Å². The van der Waals surface area contributed by atoms with Crippen LogP contribution in [-0.2, 0) is 29.2 Å². The van der Waals surface area contributed by atoms with Crippen molar-refractivity contribution in [2.75, 3.05) is 20.8 Å². The summed E-state index contributed by atoms with van der Waals surface area (Å²) >= 11 is 0. The number of piperidine rings is 1. The molecule has 1 aliphatic heterocycles. The fourth-order valence-corrected chi connectivity index (χ4v) is 5.51. The lowest BCUT2D eigenvalue weighted by Crippen LogP contribution is -2.61. The van der Waals surface area contributed by atoms with Crippen molar-refractivity contribution in [3.05, 3.63) is 34.6 Å². The molecule has 0 amide bonds. The molecule has 1 fully saturated rings. The van der Waals surface area contributed by atoms with E-state index < -0.39 is 41.7 Å². The molecule has 0 unspecified atom stereocenters. The predicted molar refractivity (Wildman–Crippen MR) is 107 cm³/mol. The Kier molecular flexibility index (Phi) is 5.35. The highest BCUT2D eigenvalue weighted by molar-refractivity contribution is 5.69. The van der Waals surface area contributed by atoms with Gasteiger partial charge in [-0.15, -0.1) is 0 Å². The molecular weight excluding hydrogens is 406 g/mol. The summed E-state index contributed by atoms with van der Waals surface area (Å²) in [5.74, 6) is -0.542. The van der Waals surface area contributed by atoms with Gasteiger partial charge in [0.25, 0.3) is 0 Å². The first-order valence-electron chi connectivity index (χ1n) is 10.2. The third-order valence-electron chi connectivity index (χ3n) is 6.49. The number of phenolic OH excluding ortho intramolecular Hbond substituents is 1. The van der Waals surface area contributed by atoms with Gasteiger partial charge in [-0.2, -0.15) is 0 Å². The second-order valence-corrected chi connectivity index (χ2v) is 8.15. The molecule has 1 saturated heterocycles. The van der Waals surface area contributed by atoms with Gasteiger partial charge in [0.1, 0.15) is 11.9 Å². The van der Waals surface area contributed by atoms with Gasteiger partial charge in [-0.3, -0.25) is 9.59 Å². The van der Waals surface area contributed by atoms with E-state index in [0.29, 0.717) is 35.4 Å². The van der Waals surface area contributed by atoms with E-state index in [1.165, 1.54) is 28.1 Å². The van der Waals surface area contributed by atoms with Gasteiger partial charge in [-0.1, -0.05) is 6.07 Å². The summed E-state index contributed by atoms with van der Waals surface area (Å²) < 4.78 is 22.2. The zero-order chi connectivity index (χ0) is 22.5. The summed E-state index contributed by atoms with van der Waals surface area (Å²) in [5.41, 5.74) is 0.993. The van der Waals surface area contributed by atoms with Crippen LogP contribution >= 0.6 is 0 Å². The molecule has 3 aliphatic rings. The van der Waals surface area contributed by atoms with Crippen LogP contribution in [-0.4, -0.2) is 61.2 Å². The zero-order valence-corrected chi connectivity index (χ0v) is 17.9. The average Bonchev–Trinajstić information content (AvgIpc) is 2.71. The first-order valence-corrected chi connectivity index (χ1v) is 10.2. The number of phenols is 1. The summed E-state index contributed by atoms with van der Waals surface area (Å²) in [6, 6.07) is 2.84. The monoisotopic (exact) mass is 433 g/mol. The van der Waals surface area contributed by atoms with Crippen molar-refractivity contribution in [3.63, 3.8) is 0 Å². The number of hydrogen-bond donors (Lipinski definition) is 3. The van der Waals surface area contributed by atoms with Crippen LogP contribution < -0.4 is 10.1 Å². The van der Waals surface area contributed by atoms with Crippen LogP contribution in [0, 0.1) is 0 Å². The number of fused-ring (bicyclic) bond motifs is 1. The van der Waals surface area contributed by atoms with Gasteiger partial charge in [0, 0.05) is 36.8 Å². The van der Waals surface area contributed by atoms with Crippen LogP contribution in [0.2, 0.25) is 0 Å². The lowest BCUT2D eigenvalue weighted by Gasteiger charge is -2.55. The number of rotatable bonds is 4. The first kappa shape index (κ1) is 21.5. The van der Waals surface area contributed by atoms with Gasteiger partial charge < -0.3 is 34.5 Å². The maximum absolute atomic E-state index is 11.9. The molecule has 2 bridgehead atoms. The van der Waals surface area contributed by atoms with E-state index >= 15 is 0 Å². The molecule has 0 spiro atoms. The largest absolute Gasteiger partial charge is 0.504 e. The first-order chi connectivity index (χ1) is 14.7. The van der Waals surface area contributed by atoms with Gasteiger partial charge in [0.2, 0.25) is 0 Å². The molecule has 9 nitrogen and oxygen atoms in total. The lowest BCUT2D eigenvalue weighted by molar-refractivity contribution is -0.169. The number of aliphatic hydroxyl groups excluding tert-OH is 1. The summed E-state index contributed by atoms with van der Waals surface area (Å²) in [4.78, 5) is 23.7. The van der Waals surface area contributed by atoms with E-state index in [-0.39, 0.29) is 17.9 Å². The van der Waals surface area contributed by atoms with Gasteiger partial charge in [0.05, 0.1) is 26.4 Å². The second kappa shape index (κ2) is 7.72. The fourth-order valence-electron chi connectivity index (χ4n) is 5.51. The standard InChI is InChI=1S/C22H27NO8/c1-10(24)30-14-9-22-7-8-23-17(16(22)21(29-4)20(14)31-11(2)25)18(26)12-5-6-13(28-3)19(27)15(12)22/h5-6,14,17-18,20,23,26-27H,7-9H2,1-4H3/t14-,17-,18-,20+,22+/m1/s1. The van der Waals surface area contributed by atoms with E-state index in [1.807, 2.05) is 0 Å². The quantitative estimate of drug-likeness (QED) is 0.601. The lowest BCUT2D eigenvalue weighted by atomic mass is 9.55. The molecule has 4 rings (SSSR count). The molecule has 1 aromatic rings. The number of methoxy groups -OCH3 is 2. The van der Waals surface area contributed by atoms with E-state index in [9.17, 15) is 19.8 Å². The van der Waals surface area contributed by atoms with E-state index in [1.54, 1.807) is 12.1 Å². The molecule has 0 aromatic heterocycles. The van der Waals surface area contributed by atoms with Crippen LogP contribution in [0.4, 0.5) is 0 Å². The number of hydrogen-bond acceptors (Lipinski definition) is 9. The van der Waals surface area contributed by atoms with Gasteiger partial charge in [0.15, 0.2) is 17.6 Å². The number of aliphatic hydroxyl groups is 1. The number of esters is 2. The number of ether oxygens (including phenoxy) is 4. The van der Waals surface area contributed by atoms with Crippen molar-refractivity contribution in [1.29, 1.82) is 0 Å². The molecule has 5 atom stereocenters. The molecule has 1 heterocycles. The zero-order valence-electron chi connectivity index (χ0n) is 17.9. The van der Waals surface area contributed by atoms with Crippen molar-refractivity contribution < 1.29 is 38.7 Å². The minimum Gasteiger partial charge on any atom is -0.504 e. The van der Waals surface area contributed by atoms with Crippen molar-refractivity contribution in [1.82, 2.24) is 5.32 Å². The Bertz CT molecular complexity index is 957. The average molecular weight is 433 g/mol. The van der Waals surface area contributed by atoms with Gasteiger partial charge >= 0.3 is 11.9 Å². The van der Waals surface area contributed by atoms with Gasteiger partial charge in [-0.05, 0) is 24.6 Å². The third kappa shape index (κ3) is 3.14. The normalized spacial score (nSPS) is 31.3. The van der Waals surface area contributed by atoms with Crippen molar-refractivity contribution >= 4 is 11.9 Å². The molecule has 1 aromatic carbocycles. The van der Waals surface area contributed by atoms with E-state index in [0.717, 1.165) is 0 Å². The van der Waals surface area contributed by atoms with Crippen LogP contribution in [0.25, 0.3) is 0 Å². The highest BCUT2D eigenvalue weighted by atomic mass is 16.6. The van der Waals surface area contributed by atoms with Crippen LogP contribution in [0.3, 0.4) is 0 Å². The maximum Gasteiger partial charge on any atom is 0.303 e. The summed E-state index contributed by atoms with van der Waals surface area (Å²) in [7, 11) is 2.91. The molecule has 3 N–H and O–H groups in total. The predicted octanol–water partition coefficient (Wildman–Crippen LogP) is 1.22. The topological polar surface area (TPSA) is 124 Å². The molecule has 2 aliphatic carbocycles. The Morgan fingerprint density at radius 3 is 2.45 bits per heavy atom. The Hall–Kier alpha value is -2.78. The SMILES string of the molecule is COC1=C2[C@H]3NCC[C@]2(C[C@@H](OC(C)=O)[C@@H]1OC(C)=O)c1c(ccc(OC)c1O)[C@H]3O. The fraction of sp³-hybridized carbons (Fsp3) is 0.545. The molecular formula is C22H27NO8. The van der Waals surface area contributed by atoms with E-state index in [4.69, 9.17) is 18.9 Å². The molecule has 168 valence electrons. The summed E-state index contributed by atoms with van der Waals surface area (Å²) in [5, 5.41) is 25.6. The van der Waals surface area contributed by atoms with Crippen LogP contribution in [0.15, 0.2) is 23.5 Å². The molecule has 0 saturated carbocycles. The smallest absolute Gasteiger partial charge is 0.303 e. The van der Waals surface area contributed by atoms with Crippen molar-refractivity contribution in [2.45, 2.75) is 56.5 Å². The molecule has 9 heteroatoms. The number of nitrogens with one attached hydrogen (secondary N) is 1. The Balaban J connectivity index is 2.02. The number of carbonyl (C=O) groups excluding carboxylic acids is 2. The molecule has 31 heavy (non-hydrogen) atoms. The number of carbonyl (C=O) groups is 2. The highest BCUT2D eigenvalue weighted by Gasteiger charge is 2.60. The minimum absolute atomic E-state index is 0.0696. The second-order valence-electron chi connectivity index (χ2n) is 8.15.